The summed E-state index contributed by atoms with van der Waals surface area (Å²) >= 11 is 0. The summed E-state index contributed by atoms with van der Waals surface area (Å²) in [7, 11) is -8.19. The van der Waals surface area contributed by atoms with Crippen LogP contribution in [0.1, 0.15) is 285 Å². The molecule has 8 nitrogen and oxygen atoms in total. The van der Waals surface area contributed by atoms with Crippen LogP contribution in [0.3, 0.4) is 0 Å². The summed E-state index contributed by atoms with van der Waals surface area (Å²) in [6.45, 7) is 10.0. The zero-order valence-corrected chi connectivity index (χ0v) is 46.2. The SMILES string of the molecule is CCCCCCCCCCCCOP(=O)([O-])OCCCCCCCCCCCC.CCCCCCCCCCCCOP(=O)([O-])OCCCCCCCCCCCC.[Ba+2]. The van der Waals surface area contributed by atoms with Crippen LogP contribution in [-0.2, 0) is 27.2 Å². The molecule has 0 saturated heterocycles. The van der Waals surface area contributed by atoms with Gasteiger partial charge in [0.2, 0.25) is 0 Å². The molecule has 0 atom stereocenters. The minimum Gasteiger partial charge on any atom is -0.756 e. The van der Waals surface area contributed by atoms with Gasteiger partial charge in [0.15, 0.2) is 0 Å². The molecule has 0 unspecified atom stereocenters. The van der Waals surface area contributed by atoms with Crippen LogP contribution in [0.5, 0.6) is 0 Å². The Balaban J connectivity index is -0.00000105. The molecule has 0 aromatic carbocycles. The molecule has 11 heteroatoms. The predicted molar refractivity (Wildman–Crippen MR) is 252 cm³/mol. The van der Waals surface area contributed by atoms with Crippen molar-refractivity contribution in [3.63, 3.8) is 0 Å². The Morgan fingerprint density at radius 3 is 0.508 bits per heavy atom. The third kappa shape index (κ3) is 59.8. The van der Waals surface area contributed by atoms with E-state index >= 15 is 0 Å². The van der Waals surface area contributed by atoms with Crippen molar-refractivity contribution < 1.29 is 37.0 Å². The Labute approximate surface area is 409 Å². The molecule has 0 amide bonds. The van der Waals surface area contributed by atoms with Crippen molar-refractivity contribution in [1.82, 2.24) is 0 Å². The van der Waals surface area contributed by atoms with Crippen LogP contribution in [0.4, 0.5) is 0 Å². The van der Waals surface area contributed by atoms with E-state index in [4.69, 9.17) is 18.1 Å². The molecular weight excluding hydrogens is 904 g/mol. The van der Waals surface area contributed by atoms with E-state index in [1.165, 1.54) is 205 Å². The number of phosphoric ester groups is 2. The summed E-state index contributed by atoms with van der Waals surface area (Å²) in [5.74, 6) is 0. The smallest absolute Gasteiger partial charge is 0.756 e. The van der Waals surface area contributed by atoms with Gasteiger partial charge < -0.3 is 27.9 Å². The molecule has 0 bridgehead atoms. The van der Waals surface area contributed by atoms with Gasteiger partial charge in [-0.15, -0.1) is 0 Å². The number of hydrogen-bond acceptors (Lipinski definition) is 8. The van der Waals surface area contributed by atoms with Crippen molar-refractivity contribution in [2.24, 2.45) is 0 Å². The summed E-state index contributed by atoms with van der Waals surface area (Å²) in [4.78, 5) is 23.5. The number of phosphoric acid groups is 2. The quantitative estimate of drug-likeness (QED) is 0.0336. The average Bonchev–Trinajstić information content (AvgIpc) is 3.20. The van der Waals surface area contributed by atoms with Crippen LogP contribution < -0.4 is 9.79 Å². The first-order chi connectivity index (χ1) is 28.2. The molecule has 0 saturated carbocycles. The summed E-state index contributed by atoms with van der Waals surface area (Å²) in [6, 6.07) is 0. The number of hydrogen-bond donors (Lipinski definition) is 0. The van der Waals surface area contributed by atoms with Gasteiger partial charge in [0, 0.05) is 0 Å². The Bertz CT molecular complexity index is 741. The topological polar surface area (TPSA) is 117 Å². The molecule has 0 aromatic rings. The van der Waals surface area contributed by atoms with E-state index in [2.05, 4.69) is 27.7 Å². The molecule has 0 aromatic heterocycles. The van der Waals surface area contributed by atoms with Gasteiger partial charge in [0.05, 0.1) is 26.4 Å². The first-order valence-electron chi connectivity index (χ1n) is 25.4. The third-order valence-electron chi connectivity index (χ3n) is 11.0. The first-order valence-corrected chi connectivity index (χ1v) is 28.4. The maximum absolute atomic E-state index is 11.7. The van der Waals surface area contributed by atoms with Gasteiger partial charge in [-0.1, -0.05) is 259 Å². The standard InChI is InChI=1S/2C24H51O4P.Ba/c2*1-3-5-7-9-11-13-15-17-19-21-23-27-29(25,26)28-24-22-20-18-16-14-12-10-8-6-4-2;/h2*3-24H2,1-2H3,(H,25,26);/q;;+2/p-2. The fourth-order valence-electron chi connectivity index (χ4n) is 7.14. The molecule has 0 aliphatic heterocycles. The molecule has 0 fully saturated rings. The van der Waals surface area contributed by atoms with Gasteiger partial charge in [-0.25, -0.2) is 0 Å². The molecule has 0 aliphatic carbocycles. The van der Waals surface area contributed by atoms with Crippen LogP contribution >= 0.6 is 15.6 Å². The maximum atomic E-state index is 11.7. The zero-order valence-electron chi connectivity index (χ0n) is 40.0. The van der Waals surface area contributed by atoms with Crippen LogP contribution in [0.25, 0.3) is 0 Å². The molecule has 0 radical (unpaired) electrons. The summed E-state index contributed by atoms with van der Waals surface area (Å²) in [5.41, 5.74) is 0. The van der Waals surface area contributed by atoms with Gasteiger partial charge >= 0.3 is 48.9 Å². The molecule has 0 N–H and O–H groups in total. The van der Waals surface area contributed by atoms with Gasteiger partial charge in [0.25, 0.3) is 15.6 Å². The van der Waals surface area contributed by atoms with Crippen molar-refractivity contribution in [2.45, 2.75) is 285 Å². The monoisotopic (exact) mass is 1000 g/mol. The average molecular weight is 1000 g/mol. The van der Waals surface area contributed by atoms with Crippen LogP contribution in [0.15, 0.2) is 0 Å². The molecule has 0 aliphatic rings. The van der Waals surface area contributed by atoms with Crippen molar-refractivity contribution in [2.75, 3.05) is 26.4 Å². The Hall–Kier alpha value is 1.79. The predicted octanol–water partition coefficient (Wildman–Crippen LogP) is 16.3. The first kappa shape index (κ1) is 65.1. The Kier molecular flexibility index (Phi) is 59.7. The molecule has 0 spiro atoms. The molecule has 0 heterocycles. The molecular formula is C48H100BaO8P2. The van der Waals surface area contributed by atoms with E-state index in [9.17, 15) is 18.9 Å². The van der Waals surface area contributed by atoms with Crippen LogP contribution in [0.2, 0.25) is 0 Å². The minimum absolute atomic E-state index is 0. The van der Waals surface area contributed by atoms with E-state index in [-0.39, 0.29) is 75.3 Å². The minimum atomic E-state index is -4.10. The fourth-order valence-corrected chi connectivity index (χ4v) is 8.70. The van der Waals surface area contributed by atoms with E-state index < -0.39 is 15.6 Å². The maximum Gasteiger partial charge on any atom is 2.00 e. The van der Waals surface area contributed by atoms with Gasteiger partial charge in [-0.05, 0) is 25.7 Å². The number of rotatable bonds is 48. The third-order valence-corrected chi connectivity index (χ3v) is 13.0. The van der Waals surface area contributed by atoms with E-state index in [1.54, 1.807) is 0 Å². The second-order valence-corrected chi connectivity index (χ2v) is 19.8. The molecule has 59 heavy (non-hydrogen) atoms. The van der Waals surface area contributed by atoms with Crippen molar-refractivity contribution in [3.8, 4) is 0 Å². The van der Waals surface area contributed by atoms with Gasteiger partial charge in [-0.3, -0.25) is 9.13 Å². The Morgan fingerprint density at radius 1 is 0.254 bits per heavy atom. The summed E-state index contributed by atoms with van der Waals surface area (Å²) in [6.07, 6.45) is 49.0. The Morgan fingerprint density at radius 2 is 0.373 bits per heavy atom. The largest absolute Gasteiger partial charge is 2.00 e. The van der Waals surface area contributed by atoms with Crippen molar-refractivity contribution in [3.05, 3.63) is 0 Å². The number of unbranched alkanes of at least 4 members (excludes halogenated alkanes) is 36. The van der Waals surface area contributed by atoms with Gasteiger partial charge in [-0.2, -0.15) is 0 Å². The summed E-state index contributed by atoms with van der Waals surface area (Å²) < 4.78 is 43.4. The zero-order chi connectivity index (χ0) is 42.9. The fraction of sp³-hybridized carbons (Fsp3) is 1.00. The normalized spacial score (nSPS) is 11.8. The van der Waals surface area contributed by atoms with Crippen LogP contribution in [0, 0.1) is 0 Å². The summed E-state index contributed by atoms with van der Waals surface area (Å²) in [5, 5.41) is 0. The second kappa shape index (κ2) is 54.1. The molecule has 352 valence electrons. The van der Waals surface area contributed by atoms with Crippen LogP contribution in [-0.4, -0.2) is 75.3 Å². The van der Waals surface area contributed by atoms with E-state index in [0.717, 1.165) is 51.4 Å². The molecule has 0 rings (SSSR count). The van der Waals surface area contributed by atoms with Crippen molar-refractivity contribution >= 4 is 64.5 Å². The van der Waals surface area contributed by atoms with E-state index in [0.29, 0.717) is 0 Å². The second-order valence-electron chi connectivity index (χ2n) is 17.0. The van der Waals surface area contributed by atoms with E-state index in [1.807, 2.05) is 0 Å². The van der Waals surface area contributed by atoms with Gasteiger partial charge in [0.1, 0.15) is 0 Å². The van der Waals surface area contributed by atoms with Crippen molar-refractivity contribution in [1.29, 1.82) is 0 Å².